The highest BCUT2D eigenvalue weighted by Gasteiger charge is 2.05. The molecular formula is C9H12O3S. The zero-order valence-corrected chi connectivity index (χ0v) is 8.26. The minimum absolute atomic E-state index is 0.142. The van der Waals surface area contributed by atoms with Crippen LogP contribution in [0.4, 0.5) is 0 Å². The second kappa shape index (κ2) is 4.87. The van der Waals surface area contributed by atoms with Gasteiger partial charge >= 0.3 is 5.97 Å². The molecule has 1 aromatic heterocycles. The predicted molar refractivity (Wildman–Crippen MR) is 51.1 cm³/mol. The van der Waals surface area contributed by atoms with Crippen LogP contribution in [0.25, 0.3) is 0 Å². The van der Waals surface area contributed by atoms with Crippen molar-refractivity contribution in [2.24, 2.45) is 0 Å². The highest BCUT2D eigenvalue weighted by molar-refractivity contribution is 7.12. The minimum Gasteiger partial charge on any atom is -0.507 e. The van der Waals surface area contributed by atoms with Gasteiger partial charge in [-0.15, -0.1) is 11.3 Å². The van der Waals surface area contributed by atoms with Crippen molar-refractivity contribution in [1.29, 1.82) is 0 Å². The Morgan fingerprint density at radius 1 is 1.69 bits per heavy atom. The zero-order chi connectivity index (χ0) is 9.68. The molecule has 0 saturated carbocycles. The van der Waals surface area contributed by atoms with Crippen LogP contribution in [-0.2, 0) is 4.79 Å². The molecule has 0 atom stereocenters. The van der Waals surface area contributed by atoms with Crippen molar-refractivity contribution in [1.82, 2.24) is 0 Å². The van der Waals surface area contributed by atoms with E-state index in [1.807, 2.05) is 6.92 Å². The molecule has 0 aliphatic rings. The normalized spacial score (nSPS) is 9.92. The van der Waals surface area contributed by atoms with Gasteiger partial charge < -0.3 is 9.84 Å². The number of hydrogen-bond donors (Lipinski definition) is 1. The molecule has 1 heterocycles. The highest BCUT2D eigenvalue weighted by Crippen LogP contribution is 2.27. The number of ether oxygens (including phenoxy) is 1. The molecule has 0 fully saturated rings. The second-order valence-electron chi connectivity index (χ2n) is 2.70. The van der Waals surface area contributed by atoms with Crippen LogP contribution in [0.15, 0.2) is 11.4 Å². The Labute approximate surface area is 81.0 Å². The molecule has 72 valence electrons. The van der Waals surface area contributed by atoms with Crippen LogP contribution in [0.3, 0.4) is 0 Å². The molecule has 13 heavy (non-hydrogen) atoms. The molecule has 0 unspecified atom stereocenters. The lowest BCUT2D eigenvalue weighted by molar-refractivity contribution is -0.134. The summed E-state index contributed by atoms with van der Waals surface area (Å²) in [5.74, 6) is -0.0907. The molecule has 0 spiro atoms. The van der Waals surface area contributed by atoms with Crippen molar-refractivity contribution >= 4 is 17.3 Å². The van der Waals surface area contributed by atoms with Crippen molar-refractivity contribution in [3.05, 3.63) is 11.4 Å². The lowest BCUT2D eigenvalue weighted by Crippen LogP contribution is -2.05. The number of rotatable bonds is 4. The Morgan fingerprint density at radius 2 is 2.46 bits per heavy atom. The summed E-state index contributed by atoms with van der Waals surface area (Å²) in [5.41, 5.74) is 0. The molecule has 0 aliphatic heterocycles. The van der Waals surface area contributed by atoms with E-state index in [9.17, 15) is 4.79 Å². The molecule has 0 aromatic carbocycles. The van der Waals surface area contributed by atoms with Gasteiger partial charge in [-0.25, -0.2) is 0 Å². The van der Waals surface area contributed by atoms with Crippen LogP contribution < -0.4 is 4.74 Å². The summed E-state index contributed by atoms with van der Waals surface area (Å²) in [6.45, 7) is 2.02. The fourth-order valence-electron chi connectivity index (χ4n) is 0.845. The molecule has 4 heteroatoms. The van der Waals surface area contributed by atoms with Gasteiger partial charge in [0.05, 0.1) is 0 Å². The summed E-state index contributed by atoms with van der Waals surface area (Å²) in [5, 5.41) is 10.9. The number of hydrogen-bond acceptors (Lipinski definition) is 4. The van der Waals surface area contributed by atoms with Gasteiger partial charge in [-0.1, -0.05) is 13.3 Å². The van der Waals surface area contributed by atoms with Crippen molar-refractivity contribution in [2.75, 3.05) is 0 Å². The maximum absolute atomic E-state index is 11.1. The average Bonchev–Trinajstić information content (AvgIpc) is 2.48. The standard InChI is InChI=1S/C9H12O3S/c1-2-3-4-8(11)12-9-5-7(10)6-13-9/h5-6,10H,2-4H2,1H3. The van der Waals surface area contributed by atoms with E-state index < -0.39 is 0 Å². The third-order valence-corrected chi connectivity index (χ3v) is 2.30. The first-order valence-electron chi connectivity index (χ1n) is 4.20. The fourth-order valence-corrected chi connectivity index (χ4v) is 1.48. The van der Waals surface area contributed by atoms with E-state index >= 15 is 0 Å². The van der Waals surface area contributed by atoms with Gasteiger partial charge in [0, 0.05) is 17.9 Å². The first kappa shape index (κ1) is 10.1. The van der Waals surface area contributed by atoms with Gasteiger partial charge in [-0.2, -0.15) is 0 Å². The van der Waals surface area contributed by atoms with E-state index in [1.165, 1.54) is 22.8 Å². The van der Waals surface area contributed by atoms with Crippen molar-refractivity contribution in [2.45, 2.75) is 26.2 Å². The summed E-state index contributed by atoms with van der Waals surface area (Å²) >= 11 is 1.22. The quantitative estimate of drug-likeness (QED) is 0.760. The fraction of sp³-hybridized carbons (Fsp3) is 0.444. The second-order valence-corrected chi connectivity index (χ2v) is 3.58. The van der Waals surface area contributed by atoms with Gasteiger partial charge in [0.2, 0.25) is 0 Å². The number of unbranched alkanes of at least 4 members (excludes halogenated alkanes) is 1. The third-order valence-electron chi connectivity index (χ3n) is 1.51. The van der Waals surface area contributed by atoms with Gasteiger partial charge in [0.15, 0.2) is 5.06 Å². The molecular weight excluding hydrogens is 188 g/mol. The Kier molecular flexibility index (Phi) is 3.76. The minimum atomic E-state index is -0.233. The maximum atomic E-state index is 11.1. The molecule has 1 N–H and O–H groups in total. The average molecular weight is 200 g/mol. The van der Waals surface area contributed by atoms with E-state index in [1.54, 1.807) is 0 Å². The van der Waals surface area contributed by atoms with E-state index in [-0.39, 0.29) is 11.7 Å². The zero-order valence-electron chi connectivity index (χ0n) is 7.45. The third kappa shape index (κ3) is 3.46. The molecule has 1 rings (SSSR count). The summed E-state index contributed by atoms with van der Waals surface area (Å²) in [6, 6.07) is 1.44. The predicted octanol–water partition coefficient (Wildman–Crippen LogP) is 2.55. The number of thiophene rings is 1. The summed E-state index contributed by atoms with van der Waals surface area (Å²) in [6.07, 6.45) is 2.26. The lowest BCUT2D eigenvalue weighted by atomic mass is 10.3. The van der Waals surface area contributed by atoms with Crippen molar-refractivity contribution in [3.63, 3.8) is 0 Å². The van der Waals surface area contributed by atoms with Crippen LogP contribution in [0.2, 0.25) is 0 Å². The molecule has 1 aromatic rings. The van der Waals surface area contributed by atoms with Crippen LogP contribution in [0.1, 0.15) is 26.2 Å². The Hall–Kier alpha value is -1.03. The molecule has 0 amide bonds. The molecule has 0 saturated heterocycles. The smallest absolute Gasteiger partial charge is 0.311 e. The van der Waals surface area contributed by atoms with Gasteiger partial charge in [-0.05, 0) is 6.42 Å². The summed E-state index contributed by atoms with van der Waals surface area (Å²) in [7, 11) is 0. The summed E-state index contributed by atoms with van der Waals surface area (Å²) < 4.78 is 4.96. The van der Waals surface area contributed by atoms with E-state index in [0.717, 1.165) is 12.8 Å². The number of carbonyl (C=O) groups excluding carboxylic acids is 1. The van der Waals surface area contributed by atoms with Crippen molar-refractivity contribution < 1.29 is 14.6 Å². The molecule has 3 nitrogen and oxygen atoms in total. The van der Waals surface area contributed by atoms with Crippen molar-refractivity contribution in [3.8, 4) is 10.8 Å². The van der Waals surface area contributed by atoms with Crippen LogP contribution in [-0.4, -0.2) is 11.1 Å². The van der Waals surface area contributed by atoms with Gasteiger partial charge in [-0.3, -0.25) is 4.79 Å². The molecule has 0 aliphatic carbocycles. The topological polar surface area (TPSA) is 46.5 Å². The number of carbonyl (C=O) groups is 1. The van der Waals surface area contributed by atoms with Gasteiger partial charge in [0.1, 0.15) is 5.75 Å². The van der Waals surface area contributed by atoms with Crippen LogP contribution in [0.5, 0.6) is 10.8 Å². The Bertz CT molecular complexity index is 280. The maximum Gasteiger partial charge on any atom is 0.311 e. The lowest BCUT2D eigenvalue weighted by Gasteiger charge is -1.98. The van der Waals surface area contributed by atoms with E-state index in [4.69, 9.17) is 9.84 Å². The molecule has 0 radical (unpaired) electrons. The SMILES string of the molecule is CCCCC(=O)Oc1cc(O)cs1. The van der Waals surface area contributed by atoms with E-state index in [0.29, 0.717) is 11.5 Å². The molecule has 0 bridgehead atoms. The monoisotopic (exact) mass is 200 g/mol. The van der Waals surface area contributed by atoms with Crippen LogP contribution in [0, 0.1) is 0 Å². The first-order valence-corrected chi connectivity index (χ1v) is 5.08. The Balaban J connectivity index is 2.36. The largest absolute Gasteiger partial charge is 0.507 e. The van der Waals surface area contributed by atoms with Crippen LogP contribution >= 0.6 is 11.3 Å². The van der Waals surface area contributed by atoms with E-state index in [2.05, 4.69) is 0 Å². The Morgan fingerprint density at radius 3 is 3.00 bits per heavy atom. The van der Waals surface area contributed by atoms with Gasteiger partial charge in [0.25, 0.3) is 0 Å². The number of aromatic hydroxyl groups is 1. The number of esters is 1. The first-order chi connectivity index (χ1) is 6.22. The summed E-state index contributed by atoms with van der Waals surface area (Å²) in [4.78, 5) is 11.1. The highest BCUT2D eigenvalue weighted by atomic mass is 32.1.